The topological polar surface area (TPSA) is 69.7 Å². The Morgan fingerprint density at radius 1 is 1.29 bits per heavy atom. The van der Waals surface area contributed by atoms with Gasteiger partial charge in [0.2, 0.25) is 0 Å². The van der Waals surface area contributed by atoms with Gasteiger partial charge < -0.3 is 14.3 Å². The van der Waals surface area contributed by atoms with Crippen molar-refractivity contribution in [2.45, 2.75) is 19.8 Å². The van der Waals surface area contributed by atoms with Gasteiger partial charge >= 0.3 is 11.9 Å². The molecule has 1 atom stereocenters. The summed E-state index contributed by atoms with van der Waals surface area (Å²) in [5, 5.41) is 0. The highest BCUT2D eigenvalue weighted by atomic mass is 16.5. The third kappa shape index (κ3) is 3.16. The first-order valence-electron chi connectivity index (χ1n) is 4.11. The van der Waals surface area contributed by atoms with Crippen molar-refractivity contribution in [1.82, 2.24) is 0 Å². The summed E-state index contributed by atoms with van der Waals surface area (Å²) in [5.74, 6) is -1.10. The van der Waals surface area contributed by atoms with Crippen LogP contribution in [0.4, 0.5) is 0 Å². The molecule has 1 unspecified atom stereocenters. The maximum Gasteiger partial charge on any atom is 0.318 e. The smallest absolute Gasteiger partial charge is 0.318 e. The molecule has 0 saturated carbocycles. The van der Waals surface area contributed by atoms with Gasteiger partial charge in [-0.2, -0.15) is 0 Å². The van der Waals surface area contributed by atoms with E-state index < -0.39 is 17.4 Å². The third-order valence-electron chi connectivity index (χ3n) is 1.99. The lowest BCUT2D eigenvalue weighted by Crippen LogP contribution is -2.31. The maximum absolute atomic E-state index is 11.2. The molecule has 80 valence electrons. The number of rotatable bonds is 5. The number of methoxy groups -OCH3 is 2. The lowest BCUT2D eigenvalue weighted by molar-refractivity contribution is -0.154. The van der Waals surface area contributed by atoms with Crippen LogP contribution in [0, 0.1) is 5.41 Å². The van der Waals surface area contributed by atoms with Gasteiger partial charge in [-0.3, -0.25) is 9.59 Å². The molecule has 0 spiro atoms. The van der Waals surface area contributed by atoms with E-state index in [9.17, 15) is 14.4 Å². The lowest BCUT2D eigenvalue weighted by atomic mass is 9.87. The summed E-state index contributed by atoms with van der Waals surface area (Å²) in [7, 11) is 2.45. The molecule has 0 aromatic carbocycles. The number of aldehydes is 1. The van der Waals surface area contributed by atoms with Crippen LogP contribution in [-0.2, 0) is 23.9 Å². The first-order chi connectivity index (χ1) is 6.50. The number of carbonyl (C=O) groups is 3. The van der Waals surface area contributed by atoms with Gasteiger partial charge in [-0.05, 0) is 13.3 Å². The second-order valence-electron chi connectivity index (χ2n) is 3.10. The number of ether oxygens (including phenoxy) is 2. The van der Waals surface area contributed by atoms with E-state index in [0.717, 1.165) is 0 Å². The Morgan fingerprint density at radius 2 is 1.86 bits per heavy atom. The number of hydrogen-bond donors (Lipinski definition) is 0. The van der Waals surface area contributed by atoms with E-state index in [2.05, 4.69) is 9.47 Å². The lowest BCUT2D eigenvalue weighted by Gasteiger charge is -2.18. The van der Waals surface area contributed by atoms with Crippen LogP contribution < -0.4 is 0 Å². The Kier molecular flexibility index (Phi) is 4.83. The van der Waals surface area contributed by atoms with Gasteiger partial charge in [0, 0.05) is 6.42 Å². The Balaban J connectivity index is 4.33. The molecule has 0 fully saturated rings. The fourth-order valence-corrected chi connectivity index (χ4v) is 0.906. The third-order valence-corrected chi connectivity index (χ3v) is 1.99. The fraction of sp³-hybridized carbons (Fsp3) is 0.667. The van der Waals surface area contributed by atoms with Gasteiger partial charge in [-0.15, -0.1) is 0 Å². The van der Waals surface area contributed by atoms with Gasteiger partial charge in [0.05, 0.1) is 14.2 Å². The van der Waals surface area contributed by atoms with Crippen molar-refractivity contribution in [2.75, 3.05) is 14.2 Å². The average molecular weight is 202 g/mol. The van der Waals surface area contributed by atoms with Crippen LogP contribution in [0.1, 0.15) is 19.8 Å². The zero-order valence-electron chi connectivity index (χ0n) is 8.53. The van der Waals surface area contributed by atoms with Gasteiger partial charge in [-0.25, -0.2) is 0 Å². The quantitative estimate of drug-likeness (QED) is 0.364. The largest absolute Gasteiger partial charge is 0.469 e. The van der Waals surface area contributed by atoms with E-state index in [1.165, 1.54) is 21.1 Å². The van der Waals surface area contributed by atoms with Crippen molar-refractivity contribution in [3.63, 3.8) is 0 Å². The van der Waals surface area contributed by atoms with E-state index in [4.69, 9.17) is 0 Å². The van der Waals surface area contributed by atoms with Crippen molar-refractivity contribution < 1.29 is 23.9 Å². The molecule has 0 saturated heterocycles. The summed E-state index contributed by atoms with van der Waals surface area (Å²) in [6.07, 6.45) is 0.596. The van der Waals surface area contributed by atoms with Gasteiger partial charge in [0.25, 0.3) is 0 Å². The summed E-state index contributed by atoms with van der Waals surface area (Å²) < 4.78 is 8.85. The molecule has 0 rings (SSSR count). The Bertz CT molecular complexity index is 235. The number of carbonyl (C=O) groups excluding carboxylic acids is 3. The first kappa shape index (κ1) is 12.6. The fourth-order valence-electron chi connectivity index (χ4n) is 0.906. The molecule has 0 aliphatic carbocycles. The molecular formula is C9H14O5. The van der Waals surface area contributed by atoms with Gasteiger partial charge in [0.1, 0.15) is 11.7 Å². The van der Waals surface area contributed by atoms with Crippen molar-refractivity contribution in [3.8, 4) is 0 Å². The molecule has 0 amide bonds. The average Bonchev–Trinajstić information content (AvgIpc) is 2.23. The highest BCUT2D eigenvalue weighted by molar-refractivity contribution is 5.93. The molecule has 0 aromatic rings. The standard InChI is InChI=1S/C9H14O5/c1-9(6-10,8(12)14-3)5-4-7(11)13-2/h6H,4-5H2,1-3H3. The maximum atomic E-state index is 11.2. The monoisotopic (exact) mass is 202 g/mol. The minimum atomic E-state index is -1.26. The van der Waals surface area contributed by atoms with Crippen LogP contribution in [-0.4, -0.2) is 32.4 Å². The van der Waals surface area contributed by atoms with Crippen LogP contribution in [0.3, 0.4) is 0 Å². The predicted molar refractivity (Wildman–Crippen MR) is 47.4 cm³/mol. The van der Waals surface area contributed by atoms with Gasteiger partial charge in [-0.1, -0.05) is 0 Å². The SMILES string of the molecule is COC(=O)CCC(C)(C=O)C(=O)OC. The molecule has 0 aliphatic rings. The van der Waals surface area contributed by atoms with Crippen LogP contribution in [0.2, 0.25) is 0 Å². The number of hydrogen-bond acceptors (Lipinski definition) is 5. The molecule has 0 aromatic heterocycles. The molecule has 14 heavy (non-hydrogen) atoms. The van der Waals surface area contributed by atoms with Crippen LogP contribution >= 0.6 is 0 Å². The van der Waals surface area contributed by atoms with E-state index in [1.807, 2.05) is 0 Å². The molecular weight excluding hydrogens is 188 g/mol. The predicted octanol–water partition coefficient (Wildman–Crippen LogP) is 0.318. The molecule has 5 nitrogen and oxygen atoms in total. The van der Waals surface area contributed by atoms with Crippen LogP contribution in [0.25, 0.3) is 0 Å². The Labute approximate surface area is 82.4 Å². The highest BCUT2D eigenvalue weighted by Gasteiger charge is 2.34. The molecule has 0 bridgehead atoms. The molecule has 0 radical (unpaired) electrons. The van der Waals surface area contributed by atoms with Crippen molar-refractivity contribution in [2.24, 2.45) is 5.41 Å². The summed E-state index contributed by atoms with van der Waals surface area (Å²) in [6.45, 7) is 1.43. The minimum absolute atomic E-state index is 0.0147. The molecule has 0 N–H and O–H groups in total. The van der Waals surface area contributed by atoms with Crippen molar-refractivity contribution in [3.05, 3.63) is 0 Å². The van der Waals surface area contributed by atoms with Crippen LogP contribution in [0.15, 0.2) is 0 Å². The minimum Gasteiger partial charge on any atom is -0.469 e. The summed E-state index contributed by atoms with van der Waals surface area (Å²) in [4.78, 5) is 32.6. The molecule has 5 heteroatoms. The molecule has 0 heterocycles. The van der Waals surface area contributed by atoms with E-state index in [0.29, 0.717) is 6.29 Å². The zero-order valence-corrected chi connectivity index (χ0v) is 8.53. The van der Waals surface area contributed by atoms with E-state index in [-0.39, 0.29) is 12.8 Å². The second kappa shape index (κ2) is 5.36. The van der Waals surface area contributed by atoms with Gasteiger partial charge in [0.15, 0.2) is 0 Å². The van der Waals surface area contributed by atoms with Crippen molar-refractivity contribution >= 4 is 18.2 Å². The normalized spacial score (nSPS) is 13.9. The summed E-state index contributed by atoms with van der Waals surface area (Å²) >= 11 is 0. The first-order valence-corrected chi connectivity index (χ1v) is 4.11. The zero-order chi connectivity index (χ0) is 11.2. The molecule has 0 aliphatic heterocycles. The van der Waals surface area contributed by atoms with Crippen molar-refractivity contribution in [1.29, 1.82) is 0 Å². The highest BCUT2D eigenvalue weighted by Crippen LogP contribution is 2.22. The number of esters is 2. The van der Waals surface area contributed by atoms with E-state index in [1.54, 1.807) is 0 Å². The second-order valence-corrected chi connectivity index (χ2v) is 3.10. The summed E-state index contributed by atoms with van der Waals surface area (Å²) in [5.41, 5.74) is -1.26. The summed E-state index contributed by atoms with van der Waals surface area (Å²) in [6, 6.07) is 0. The van der Waals surface area contributed by atoms with E-state index >= 15 is 0 Å². The Hall–Kier alpha value is -1.39. The van der Waals surface area contributed by atoms with Crippen LogP contribution in [0.5, 0.6) is 0 Å². The Morgan fingerprint density at radius 3 is 2.21 bits per heavy atom.